The zero-order valence-electron chi connectivity index (χ0n) is 7.39. The van der Waals surface area contributed by atoms with Crippen molar-refractivity contribution in [1.82, 2.24) is 5.32 Å². The molecule has 1 aliphatic carbocycles. The van der Waals surface area contributed by atoms with Crippen LogP contribution >= 0.6 is 15.9 Å². The van der Waals surface area contributed by atoms with Crippen molar-refractivity contribution >= 4 is 15.9 Å². The van der Waals surface area contributed by atoms with Gasteiger partial charge in [0.2, 0.25) is 0 Å². The summed E-state index contributed by atoms with van der Waals surface area (Å²) in [6.07, 6.45) is 1.39. The highest BCUT2D eigenvalue weighted by Gasteiger charge is 2.57. The van der Waals surface area contributed by atoms with Gasteiger partial charge in [-0.3, -0.25) is 0 Å². The smallest absolute Gasteiger partial charge is 0.0175 e. The fourth-order valence-corrected chi connectivity index (χ4v) is 2.84. The van der Waals surface area contributed by atoms with Gasteiger partial charge in [-0.2, -0.15) is 0 Å². The second-order valence-corrected chi connectivity index (χ2v) is 5.11. The normalized spacial score (nSPS) is 35.9. The maximum Gasteiger partial charge on any atom is 0.0175 e. The average Bonchev–Trinajstić information content (AvgIpc) is 2.71. The number of hydrogen-bond donors (Lipinski definition) is 1. The Morgan fingerprint density at radius 2 is 2.08 bits per heavy atom. The molecule has 2 fully saturated rings. The molecule has 0 spiro atoms. The van der Waals surface area contributed by atoms with Crippen LogP contribution in [0.15, 0.2) is 28.7 Å². The highest BCUT2D eigenvalue weighted by Crippen LogP contribution is 2.56. The second kappa shape index (κ2) is 2.58. The van der Waals surface area contributed by atoms with Crippen LogP contribution in [-0.4, -0.2) is 13.1 Å². The molecule has 0 amide bonds. The lowest BCUT2D eigenvalue weighted by Gasteiger charge is -2.11. The molecule has 2 atom stereocenters. The van der Waals surface area contributed by atoms with Crippen molar-refractivity contribution in [3.8, 4) is 0 Å². The van der Waals surface area contributed by atoms with Crippen LogP contribution in [0.4, 0.5) is 0 Å². The number of hydrogen-bond acceptors (Lipinski definition) is 1. The highest BCUT2D eigenvalue weighted by molar-refractivity contribution is 9.10. The molecule has 1 nitrogen and oxygen atoms in total. The van der Waals surface area contributed by atoms with E-state index in [9.17, 15) is 0 Å². The van der Waals surface area contributed by atoms with Gasteiger partial charge in [-0.15, -0.1) is 0 Å². The predicted molar refractivity (Wildman–Crippen MR) is 56.8 cm³/mol. The highest BCUT2D eigenvalue weighted by atomic mass is 79.9. The summed E-state index contributed by atoms with van der Waals surface area (Å²) in [5.74, 6) is 0.911. The fourth-order valence-electron chi connectivity index (χ4n) is 2.57. The van der Waals surface area contributed by atoms with Gasteiger partial charge in [-0.05, 0) is 36.6 Å². The molecule has 0 radical (unpaired) electrons. The summed E-state index contributed by atoms with van der Waals surface area (Å²) in [5.41, 5.74) is 2.03. The van der Waals surface area contributed by atoms with Crippen LogP contribution in [0.2, 0.25) is 0 Å². The molecule has 0 bridgehead atoms. The van der Waals surface area contributed by atoms with Gasteiger partial charge in [0, 0.05) is 16.4 Å². The quantitative estimate of drug-likeness (QED) is 0.791. The first-order valence-corrected chi connectivity index (χ1v) is 5.57. The molecule has 1 aliphatic heterocycles. The third kappa shape index (κ3) is 1.09. The third-order valence-corrected chi connectivity index (χ3v) is 4.01. The zero-order chi connectivity index (χ0) is 8.89. The molecule has 13 heavy (non-hydrogen) atoms. The summed E-state index contributed by atoms with van der Waals surface area (Å²) in [6.45, 7) is 2.40. The Bertz CT molecular complexity index is 332. The summed E-state index contributed by atoms with van der Waals surface area (Å²) >= 11 is 3.47. The first kappa shape index (κ1) is 8.01. The van der Waals surface area contributed by atoms with Gasteiger partial charge >= 0.3 is 0 Å². The van der Waals surface area contributed by atoms with Crippen LogP contribution in [0, 0.1) is 5.92 Å². The Morgan fingerprint density at radius 3 is 2.62 bits per heavy atom. The van der Waals surface area contributed by atoms with Gasteiger partial charge in [0.05, 0.1) is 0 Å². The van der Waals surface area contributed by atoms with Crippen molar-refractivity contribution in [2.24, 2.45) is 5.92 Å². The molecule has 0 aromatic heterocycles. The van der Waals surface area contributed by atoms with E-state index in [-0.39, 0.29) is 0 Å². The van der Waals surface area contributed by atoms with Crippen molar-refractivity contribution in [2.45, 2.75) is 11.8 Å². The number of halogens is 1. The lowest BCUT2D eigenvalue weighted by atomic mass is 9.95. The minimum absolute atomic E-state index is 0.515. The number of rotatable bonds is 1. The minimum Gasteiger partial charge on any atom is -0.316 e. The molecule has 1 heterocycles. The summed E-state index contributed by atoms with van der Waals surface area (Å²) < 4.78 is 1.18. The summed E-state index contributed by atoms with van der Waals surface area (Å²) in [6, 6.07) is 8.82. The molecule has 1 N–H and O–H groups in total. The van der Waals surface area contributed by atoms with E-state index in [0.29, 0.717) is 5.41 Å². The zero-order valence-corrected chi connectivity index (χ0v) is 8.97. The van der Waals surface area contributed by atoms with E-state index in [4.69, 9.17) is 0 Å². The van der Waals surface area contributed by atoms with Crippen molar-refractivity contribution in [3.05, 3.63) is 34.3 Å². The first-order valence-electron chi connectivity index (χ1n) is 4.78. The van der Waals surface area contributed by atoms with E-state index in [1.165, 1.54) is 29.5 Å². The van der Waals surface area contributed by atoms with Gasteiger partial charge in [-0.1, -0.05) is 28.1 Å². The van der Waals surface area contributed by atoms with Crippen LogP contribution in [0.5, 0.6) is 0 Å². The van der Waals surface area contributed by atoms with E-state index < -0.39 is 0 Å². The molecule has 3 rings (SSSR count). The van der Waals surface area contributed by atoms with Crippen LogP contribution in [-0.2, 0) is 5.41 Å². The summed E-state index contributed by atoms with van der Waals surface area (Å²) in [7, 11) is 0. The SMILES string of the molecule is Brc1ccc([C@@]23CNCC2C3)cc1. The number of benzene rings is 1. The third-order valence-electron chi connectivity index (χ3n) is 3.48. The lowest BCUT2D eigenvalue weighted by Crippen LogP contribution is -2.18. The number of nitrogens with one attached hydrogen (secondary N) is 1. The van der Waals surface area contributed by atoms with E-state index in [0.717, 1.165) is 5.92 Å². The van der Waals surface area contributed by atoms with Gasteiger partial charge in [0.25, 0.3) is 0 Å². The Labute approximate surface area is 86.7 Å². The van der Waals surface area contributed by atoms with E-state index in [1.54, 1.807) is 0 Å². The van der Waals surface area contributed by atoms with Crippen LogP contribution in [0.25, 0.3) is 0 Å². The molecule has 1 unspecified atom stereocenters. The minimum atomic E-state index is 0.515. The first-order chi connectivity index (χ1) is 6.31. The van der Waals surface area contributed by atoms with Gasteiger partial charge in [0.15, 0.2) is 0 Å². The van der Waals surface area contributed by atoms with Crippen molar-refractivity contribution in [3.63, 3.8) is 0 Å². The molecule has 1 aromatic carbocycles. The Hall–Kier alpha value is -0.340. The van der Waals surface area contributed by atoms with Crippen LogP contribution < -0.4 is 5.32 Å². The van der Waals surface area contributed by atoms with Crippen molar-refractivity contribution < 1.29 is 0 Å². The summed E-state index contributed by atoms with van der Waals surface area (Å²) in [4.78, 5) is 0. The molecule has 2 aliphatic rings. The molecule has 1 saturated heterocycles. The van der Waals surface area contributed by atoms with Crippen LogP contribution in [0.3, 0.4) is 0 Å². The Kier molecular flexibility index (Phi) is 1.59. The van der Waals surface area contributed by atoms with Crippen LogP contribution in [0.1, 0.15) is 12.0 Å². The largest absolute Gasteiger partial charge is 0.316 e. The maximum atomic E-state index is 3.47. The summed E-state index contributed by atoms with van der Waals surface area (Å²) in [5, 5.41) is 3.46. The van der Waals surface area contributed by atoms with Gasteiger partial charge < -0.3 is 5.32 Å². The van der Waals surface area contributed by atoms with E-state index in [2.05, 4.69) is 45.5 Å². The standard InChI is InChI=1S/C11H12BrN/c12-10-3-1-8(2-4-10)11-5-9(11)6-13-7-11/h1-4,9,13H,5-7H2/t9?,11-/m1/s1. The van der Waals surface area contributed by atoms with Gasteiger partial charge in [0.1, 0.15) is 0 Å². The second-order valence-electron chi connectivity index (χ2n) is 4.19. The molecular formula is C11H12BrN. The Balaban J connectivity index is 1.97. The molecule has 1 saturated carbocycles. The topological polar surface area (TPSA) is 12.0 Å². The van der Waals surface area contributed by atoms with Gasteiger partial charge in [-0.25, -0.2) is 0 Å². The monoisotopic (exact) mass is 237 g/mol. The van der Waals surface area contributed by atoms with E-state index in [1.807, 2.05) is 0 Å². The average molecular weight is 238 g/mol. The molecular weight excluding hydrogens is 226 g/mol. The molecule has 2 heteroatoms. The molecule has 1 aromatic rings. The Morgan fingerprint density at radius 1 is 1.31 bits per heavy atom. The number of piperidine rings is 1. The molecule has 68 valence electrons. The van der Waals surface area contributed by atoms with E-state index >= 15 is 0 Å². The lowest BCUT2D eigenvalue weighted by molar-refractivity contribution is 0.675. The fraction of sp³-hybridized carbons (Fsp3) is 0.455. The van der Waals surface area contributed by atoms with Crippen molar-refractivity contribution in [2.75, 3.05) is 13.1 Å². The number of fused-ring (bicyclic) bond motifs is 1. The predicted octanol–water partition coefficient (Wildman–Crippen LogP) is 2.31. The maximum absolute atomic E-state index is 3.47. The van der Waals surface area contributed by atoms with Crippen molar-refractivity contribution in [1.29, 1.82) is 0 Å².